The van der Waals surface area contributed by atoms with Gasteiger partial charge in [-0.2, -0.15) is 0 Å². The molecule has 4 rings (SSSR count). The van der Waals surface area contributed by atoms with Crippen molar-refractivity contribution < 1.29 is 29.1 Å². The zero-order valence-electron chi connectivity index (χ0n) is 18.3. The second-order valence-corrected chi connectivity index (χ2v) is 8.18. The third-order valence-electron chi connectivity index (χ3n) is 5.98. The third-order valence-corrected chi connectivity index (χ3v) is 5.98. The van der Waals surface area contributed by atoms with Gasteiger partial charge in [-0.05, 0) is 31.0 Å². The highest BCUT2D eigenvalue weighted by Gasteiger charge is 2.45. The van der Waals surface area contributed by atoms with Crippen LogP contribution in [-0.2, 0) is 16.1 Å². The molecule has 0 radical (unpaired) electrons. The first-order valence-corrected chi connectivity index (χ1v) is 10.7. The number of aromatic nitrogens is 1. The van der Waals surface area contributed by atoms with Crippen LogP contribution >= 0.6 is 0 Å². The Kier molecular flexibility index (Phi) is 6.01. The minimum atomic E-state index is -1.13. The van der Waals surface area contributed by atoms with Crippen LogP contribution in [0.25, 0.3) is 0 Å². The number of pyridine rings is 1. The van der Waals surface area contributed by atoms with Crippen LogP contribution in [-0.4, -0.2) is 63.8 Å². The Hall–Kier alpha value is -4.28. The number of amides is 4. The van der Waals surface area contributed by atoms with E-state index in [2.05, 4.69) is 5.32 Å². The number of carboxylic acids is 1. The molecule has 4 amide bonds. The van der Waals surface area contributed by atoms with Gasteiger partial charge >= 0.3 is 5.97 Å². The highest BCUT2D eigenvalue weighted by Crippen LogP contribution is 2.33. The summed E-state index contributed by atoms with van der Waals surface area (Å²) in [6.07, 6.45) is 1.86. The number of aromatic carboxylic acids is 1. The topological polar surface area (TPSA) is 146 Å². The average Bonchev–Trinajstić information content (AvgIpc) is 3.05. The first-order valence-electron chi connectivity index (χ1n) is 10.7. The van der Waals surface area contributed by atoms with Crippen molar-refractivity contribution in [1.82, 2.24) is 14.8 Å². The van der Waals surface area contributed by atoms with E-state index in [4.69, 9.17) is 5.11 Å². The quantitative estimate of drug-likeness (QED) is 0.560. The molecule has 176 valence electrons. The second-order valence-electron chi connectivity index (χ2n) is 8.18. The number of carbonyl (C=O) groups excluding carboxylic acids is 4. The summed E-state index contributed by atoms with van der Waals surface area (Å²) in [5, 5.41) is 11.3. The van der Waals surface area contributed by atoms with Gasteiger partial charge in [-0.25, -0.2) is 4.79 Å². The van der Waals surface area contributed by atoms with Crippen molar-refractivity contribution in [2.24, 2.45) is 0 Å². The molecule has 34 heavy (non-hydrogen) atoms. The summed E-state index contributed by atoms with van der Waals surface area (Å²) in [5.41, 5.74) is 0.548. The van der Waals surface area contributed by atoms with Crippen LogP contribution in [0.4, 0.5) is 5.69 Å². The SMILES string of the molecule is CN(CCCn1cc(C(=O)O)ccc1=O)c1cccc2c1C(=O)N(C1CCC(=O)NC1=O)C2=O. The number of imide groups is 2. The van der Waals surface area contributed by atoms with Gasteiger partial charge in [-0.15, -0.1) is 0 Å². The predicted octanol–water partition coefficient (Wildman–Crippen LogP) is 0.474. The van der Waals surface area contributed by atoms with Crippen LogP contribution < -0.4 is 15.8 Å². The maximum atomic E-state index is 13.2. The molecule has 11 heteroatoms. The highest BCUT2D eigenvalue weighted by molar-refractivity contribution is 6.25. The van der Waals surface area contributed by atoms with Crippen molar-refractivity contribution in [2.75, 3.05) is 18.5 Å². The molecule has 1 aromatic carbocycles. The molecule has 2 aromatic rings. The maximum Gasteiger partial charge on any atom is 0.337 e. The predicted molar refractivity (Wildman–Crippen MR) is 119 cm³/mol. The van der Waals surface area contributed by atoms with Gasteiger partial charge in [-0.3, -0.25) is 34.2 Å². The zero-order valence-corrected chi connectivity index (χ0v) is 18.3. The van der Waals surface area contributed by atoms with E-state index in [1.54, 1.807) is 24.1 Å². The average molecular weight is 466 g/mol. The smallest absolute Gasteiger partial charge is 0.337 e. The Morgan fingerprint density at radius 2 is 1.88 bits per heavy atom. The maximum absolute atomic E-state index is 13.2. The van der Waals surface area contributed by atoms with E-state index in [1.165, 1.54) is 29.0 Å². The lowest BCUT2D eigenvalue weighted by Gasteiger charge is -2.28. The number of benzene rings is 1. The Morgan fingerprint density at radius 3 is 2.59 bits per heavy atom. The van der Waals surface area contributed by atoms with Crippen molar-refractivity contribution in [3.05, 3.63) is 63.6 Å². The van der Waals surface area contributed by atoms with Crippen LogP contribution in [0.5, 0.6) is 0 Å². The largest absolute Gasteiger partial charge is 0.478 e. The second kappa shape index (κ2) is 8.93. The van der Waals surface area contributed by atoms with E-state index in [0.717, 1.165) is 4.90 Å². The number of nitrogens with zero attached hydrogens (tertiary/aromatic N) is 3. The number of hydrogen-bond donors (Lipinski definition) is 2. The van der Waals surface area contributed by atoms with Gasteiger partial charge < -0.3 is 14.6 Å². The Balaban J connectivity index is 1.51. The molecule has 1 atom stereocenters. The van der Waals surface area contributed by atoms with Crippen LogP contribution in [0.15, 0.2) is 41.3 Å². The summed E-state index contributed by atoms with van der Waals surface area (Å²) in [6, 6.07) is 6.26. The van der Waals surface area contributed by atoms with Gasteiger partial charge in [0.1, 0.15) is 6.04 Å². The summed E-state index contributed by atoms with van der Waals surface area (Å²) < 4.78 is 1.31. The molecular weight excluding hydrogens is 444 g/mol. The van der Waals surface area contributed by atoms with Gasteiger partial charge in [0.15, 0.2) is 0 Å². The van der Waals surface area contributed by atoms with E-state index < -0.39 is 35.6 Å². The van der Waals surface area contributed by atoms with Gasteiger partial charge in [-0.1, -0.05) is 6.07 Å². The molecule has 3 heterocycles. The van der Waals surface area contributed by atoms with Crippen molar-refractivity contribution in [3.8, 4) is 0 Å². The molecule has 1 fully saturated rings. The molecule has 2 aliphatic rings. The van der Waals surface area contributed by atoms with Crippen molar-refractivity contribution in [2.45, 2.75) is 31.8 Å². The first-order chi connectivity index (χ1) is 16.2. The van der Waals surface area contributed by atoms with Crippen molar-refractivity contribution in [1.29, 1.82) is 0 Å². The number of hydrogen-bond acceptors (Lipinski definition) is 7. The molecule has 1 saturated heterocycles. The Bertz CT molecular complexity index is 1280. The number of aryl methyl sites for hydroxylation is 1. The van der Waals surface area contributed by atoms with Crippen LogP contribution in [0.3, 0.4) is 0 Å². The minimum absolute atomic E-state index is 0.00600. The molecule has 2 aliphatic heterocycles. The lowest BCUT2D eigenvalue weighted by molar-refractivity contribution is -0.136. The lowest BCUT2D eigenvalue weighted by atomic mass is 10.0. The molecule has 1 aromatic heterocycles. The molecule has 0 aliphatic carbocycles. The summed E-state index contributed by atoms with van der Waals surface area (Å²) in [5.74, 6) is -3.42. The fraction of sp³-hybridized carbons (Fsp3) is 0.304. The van der Waals surface area contributed by atoms with Crippen LogP contribution in [0, 0.1) is 0 Å². The Labute approximate surface area is 193 Å². The van der Waals surface area contributed by atoms with E-state index in [1.807, 2.05) is 0 Å². The number of rotatable bonds is 7. The monoisotopic (exact) mass is 466 g/mol. The van der Waals surface area contributed by atoms with Crippen LogP contribution in [0.2, 0.25) is 0 Å². The molecule has 0 saturated carbocycles. The van der Waals surface area contributed by atoms with E-state index in [0.29, 0.717) is 18.7 Å². The fourth-order valence-electron chi connectivity index (χ4n) is 4.25. The van der Waals surface area contributed by atoms with Crippen LogP contribution in [0.1, 0.15) is 50.3 Å². The third kappa shape index (κ3) is 4.07. The van der Waals surface area contributed by atoms with E-state index in [-0.39, 0.29) is 41.6 Å². The number of anilines is 1. The van der Waals surface area contributed by atoms with Gasteiger partial charge in [0.2, 0.25) is 11.8 Å². The number of piperidine rings is 1. The number of carboxylic acid groups (broad SMARTS) is 1. The number of carbonyl (C=O) groups is 5. The molecule has 0 bridgehead atoms. The minimum Gasteiger partial charge on any atom is -0.478 e. The Morgan fingerprint density at radius 1 is 1.12 bits per heavy atom. The normalized spacial score (nSPS) is 17.6. The molecule has 0 spiro atoms. The zero-order chi connectivity index (χ0) is 24.6. The van der Waals surface area contributed by atoms with Gasteiger partial charge in [0.05, 0.1) is 22.4 Å². The molecule has 2 N–H and O–H groups in total. The van der Waals surface area contributed by atoms with E-state index >= 15 is 0 Å². The fourth-order valence-corrected chi connectivity index (χ4v) is 4.25. The standard InChI is InChI=1S/C23H22N4O7/c1-25(10-3-11-26-12-13(23(33)34)6-9-18(26)29)15-5-2-4-14-19(15)22(32)27(21(14)31)16-7-8-17(28)24-20(16)30/h2,4-6,9,12,16H,3,7-8,10-11H2,1H3,(H,33,34)(H,24,28,30). The molecule has 11 nitrogen and oxygen atoms in total. The summed E-state index contributed by atoms with van der Waals surface area (Å²) in [6.45, 7) is 0.661. The lowest BCUT2D eigenvalue weighted by Crippen LogP contribution is -2.54. The van der Waals surface area contributed by atoms with Crippen molar-refractivity contribution in [3.63, 3.8) is 0 Å². The molecule has 1 unspecified atom stereocenters. The van der Waals surface area contributed by atoms with E-state index in [9.17, 15) is 28.8 Å². The highest BCUT2D eigenvalue weighted by atomic mass is 16.4. The summed E-state index contributed by atoms with van der Waals surface area (Å²) >= 11 is 0. The first kappa shape index (κ1) is 22.9. The number of nitrogens with one attached hydrogen (secondary N) is 1. The van der Waals surface area contributed by atoms with Gasteiger partial charge in [0.25, 0.3) is 17.4 Å². The number of fused-ring (bicyclic) bond motifs is 1. The van der Waals surface area contributed by atoms with Gasteiger partial charge in [0, 0.05) is 38.8 Å². The molecular formula is C23H22N4O7. The van der Waals surface area contributed by atoms with Crippen molar-refractivity contribution >= 4 is 35.3 Å². The summed E-state index contributed by atoms with van der Waals surface area (Å²) in [7, 11) is 1.73. The summed E-state index contributed by atoms with van der Waals surface area (Å²) in [4.78, 5) is 75.8.